The van der Waals surface area contributed by atoms with E-state index in [2.05, 4.69) is 10.3 Å². The van der Waals surface area contributed by atoms with Crippen molar-refractivity contribution in [2.45, 2.75) is 73.8 Å². The van der Waals surface area contributed by atoms with Crippen molar-refractivity contribution in [2.75, 3.05) is 18.5 Å². The predicted molar refractivity (Wildman–Crippen MR) is 164 cm³/mol. The molecular formula is C32H34F8N4O3S. The van der Waals surface area contributed by atoms with Crippen LogP contribution in [0.3, 0.4) is 0 Å². The summed E-state index contributed by atoms with van der Waals surface area (Å²) in [6.45, 7) is 0.481. The number of carbonyl (C=O) groups excluding carboxylic acids is 2. The zero-order chi connectivity index (χ0) is 35.0. The Balaban J connectivity index is 1.52. The molecule has 3 atom stereocenters. The highest BCUT2D eigenvalue weighted by Crippen LogP contribution is 3.02. The largest absolute Gasteiger partial charge is 0.372 e. The SMILES string of the molecule is CN1C[C@@H](OCc2ccccc2)C[C@@H]1C(=O)N(c1ccc(S(F)(F)(F)(F)F)cc1)C(C(=O)NC1CCC(F)(F)CC1)c1cncc(F)c1. The Labute approximate surface area is 272 Å². The number of likely N-dealkylation sites (N-methyl/N-ethyl adjacent to an activating group) is 1. The van der Waals surface area contributed by atoms with Crippen LogP contribution in [0.2, 0.25) is 0 Å². The molecule has 1 saturated carbocycles. The van der Waals surface area contributed by atoms with Gasteiger partial charge in [0.2, 0.25) is 17.7 Å². The van der Waals surface area contributed by atoms with Gasteiger partial charge >= 0.3 is 10.2 Å². The maximum absolute atomic E-state index is 14.5. The molecule has 2 fully saturated rings. The molecule has 48 heavy (non-hydrogen) atoms. The number of hydrogen-bond acceptors (Lipinski definition) is 5. The lowest BCUT2D eigenvalue weighted by Gasteiger charge is -2.41. The minimum atomic E-state index is -10.1. The summed E-state index contributed by atoms with van der Waals surface area (Å²) in [4.78, 5) is 32.4. The van der Waals surface area contributed by atoms with Crippen LogP contribution in [0, 0.1) is 5.82 Å². The zero-order valence-electron chi connectivity index (χ0n) is 25.7. The quantitative estimate of drug-likeness (QED) is 0.217. The van der Waals surface area contributed by atoms with Crippen LogP contribution in [0.15, 0.2) is 78.0 Å². The number of carbonyl (C=O) groups is 2. The number of pyridine rings is 1. The van der Waals surface area contributed by atoms with Gasteiger partial charge in [-0.25, -0.2) is 13.2 Å². The molecule has 2 aliphatic rings. The number of ether oxygens (including phenoxy) is 1. The molecule has 2 aromatic carbocycles. The molecule has 262 valence electrons. The van der Waals surface area contributed by atoms with Gasteiger partial charge in [-0.3, -0.25) is 24.4 Å². The molecule has 2 amide bonds. The predicted octanol–water partition coefficient (Wildman–Crippen LogP) is 7.94. The van der Waals surface area contributed by atoms with Gasteiger partial charge in [0.15, 0.2) is 0 Å². The molecular weight excluding hydrogens is 672 g/mol. The van der Waals surface area contributed by atoms with Crippen LogP contribution in [0.25, 0.3) is 0 Å². The highest BCUT2D eigenvalue weighted by Gasteiger charge is 2.65. The number of aromatic nitrogens is 1. The molecule has 1 aliphatic carbocycles. The summed E-state index contributed by atoms with van der Waals surface area (Å²) in [6.07, 6.45) is 0.284. The first-order valence-electron chi connectivity index (χ1n) is 15.1. The van der Waals surface area contributed by atoms with E-state index in [1.165, 1.54) is 0 Å². The van der Waals surface area contributed by atoms with Gasteiger partial charge < -0.3 is 10.1 Å². The Morgan fingerprint density at radius 3 is 2.27 bits per heavy atom. The fraction of sp³-hybridized carbons (Fsp3) is 0.406. The summed E-state index contributed by atoms with van der Waals surface area (Å²) < 4.78 is 116. The number of rotatable bonds is 10. The summed E-state index contributed by atoms with van der Waals surface area (Å²) in [5.74, 6) is -5.59. The maximum Gasteiger partial charge on any atom is 0.310 e. The average molecular weight is 707 g/mol. The van der Waals surface area contributed by atoms with Crippen molar-refractivity contribution in [3.8, 4) is 0 Å². The van der Waals surface area contributed by atoms with E-state index >= 15 is 0 Å². The first-order chi connectivity index (χ1) is 22.3. The van der Waals surface area contributed by atoms with E-state index in [4.69, 9.17) is 4.74 Å². The fourth-order valence-corrected chi connectivity index (χ4v) is 6.69. The number of likely N-dealkylation sites (tertiary alicyclic amines) is 1. The second-order valence-corrected chi connectivity index (χ2v) is 14.7. The van der Waals surface area contributed by atoms with Crippen LogP contribution >= 0.6 is 10.2 Å². The van der Waals surface area contributed by atoms with Crippen molar-refractivity contribution in [2.24, 2.45) is 0 Å². The number of halogens is 8. The van der Waals surface area contributed by atoms with E-state index in [0.29, 0.717) is 12.1 Å². The van der Waals surface area contributed by atoms with Crippen molar-refractivity contribution in [3.63, 3.8) is 0 Å². The second-order valence-electron chi connectivity index (χ2n) is 12.3. The van der Waals surface area contributed by atoms with E-state index in [9.17, 15) is 42.2 Å². The molecule has 0 radical (unpaired) electrons. The number of anilines is 1. The number of benzene rings is 2. The molecule has 1 aromatic heterocycles. The number of alkyl halides is 2. The summed E-state index contributed by atoms with van der Waals surface area (Å²) in [5.41, 5.74) is 0.319. The Morgan fingerprint density at radius 1 is 1.02 bits per heavy atom. The Hall–Kier alpha value is -3.76. The monoisotopic (exact) mass is 706 g/mol. The topological polar surface area (TPSA) is 74.8 Å². The van der Waals surface area contributed by atoms with Gasteiger partial charge in [0.1, 0.15) is 16.8 Å². The van der Waals surface area contributed by atoms with Gasteiger partial charge in [-0.1, -0.05) is 49.8 Å². The smallest absolute Gasteiger partial charge is 0.310 e. The molecule has 1 aliphatic heterocycles. The van der Waals surface area contributed by atoms with Crippen molar-refractivity contribution in [1.82, 2.24) is 15.2 Å². The molecule has 2 heterocycles. The standard InChI is InChI=1S/C32H34F8N4O3S/c1-43-19-26(47-20-21-5-3-2-4-6-21)16-28(43)31(46)44(25-7-9-27(10-8-25)48(36,37,38,39)40)29(22-15-23(33)18-41-17-22)30(45)42-24-11-13-32(34,35)14-12-24/h2-10,15,17-18,24,26,28-29H,11-14,16,19-20H2,1H3,(H,42,45)/t26-,28+,29?/m0/s1. The fourth-order valence-electron chi connectivity index (χ4n) is 6.04. The van der Waals surface area contributed by atoms with Gasteiger partial charge in [-0.05, 0) is 62.2 Å². The van der Waals surface area contributed by atoms with Crippen molar-refractivity contribution >= 4 is 27.7 Å². The Morgan fingerprint density at radius 2 is 1.67 bits per heavy atom. The molecule has 0 bridgehead atoms. The first-order valence-corrected chi connectivity index (χ1v) is 17.1. The van der Waals surface area contributed by atoms with Gasteiger partial charge in [-0.2, -0.15) is 0 Å². The highest BCUT2D eigenvalue weighted by molar-refractivity contribution is 8.45. The number of nitrogens with zero attached hydrogens (tertiary/aromatic N) is 3. The number of amides is 2. The van der Waals surface area contributed by atoms with Crippen molar-refractivity contribution < 1.29 is 46.9 Å². The van der Waals surface area contributed by atoms with Crippen LogP contribution in [-0.4, -0.2) is 59.4 Å². The van der Waals surface area contributed by atoms with E-state index in [-0.39, 0.29) is 55.8 Å². The Bertz CT molecular complexity index is 1620. The van der Waals surface area contributed by atoms with Crippen LogP contribution in [0.1, 0.15) is 49.3 Å². The minimum Gasteiger partial charge on any atom is -0.372 e. The lowest BCUT2D eigenvalue weighted by molar-refractivity contribution is -0.129. The Kier molecular flexibility index (Phi) is 9.33. The normalized spacial score (nSPS) is 22.4. The van der Waals surface area contributed by atoms with E-state index in [1.54, 1.807) is 11.9 Å². The zero-order valence-corrected chi connectivity index (χ0v) is 26.5. The van der Waals surface area contributed by atoms with Gasteiger partial charge in [0, 0.05) is 42.9 Å². The molecule has 16 heteroatoms. The average Bonchev–Trinajstić information content (AvgIpc) is 3.39. The molecule has 5 rings (SSSR count). The summed E-state index contributed by atoms with van der Waals surface area (Å²) in [7, 11) is -8.51. The van der Waals surface area contributed by atoms with Crippen LogP contribution in [0.4, 0.5) is 38.3 Å². The van der Waals surface area contributed by atoms with E-state index in [0.717, 1.165) is 28.9 Å². The van der Waals surface area contributed by atoms with Gasteiger partial charge in [0.05, 0.1) is 24.9 Å². The molecule has 1 N–H and O–H groups in total. The second kappa shape index (κ2) is 12.6. The van der Waals surface area contributed by atoms with Crippen LogP contribution in [0.5, 0.6) is 0 Å². The third kappa shape index (κ3) is 8.63. The van der Waals surface area contributed by atoms with Crippen molar-refractivity contribution in [1.29, 1.82) is 0 Å². The highest BCUT2D eigenvalue weighted by atomic mass is 32.5. The lowest BCUT2D eigenvalue weighted by Crippen LogP contribution is -2.52. The molecule has 0 spiro atoms. The summed E-state index contributed by atoms with van der Waals surface area (Å²) in [6, 6.07) is 8.07. The van der Waals surface area contributed by atoms with Gasteiger partial charge in [0.25, 0.3) is 0 Å². The third-order valence-electron chi connectivity index (χ3n) is 8.53. The summed E-state index contributed by atoms with van der Waals surface area (Å²) >= 11 is 0. The van der Waals surface area contributed by atoms with Gasteiger partial charge in [-0.15, -0.1) is 0 Å². The summed E-state index contributed by atoms with van der Waals surface area (Å²) in [5, 5.41) is 2.63. The van der Waals surface area contributed by atoms with E-state index in [1.807, 2.05) is 30.3 Å². The first kappa shape index (κ1) is 35.5. The number of nitrogens with one attached hydrogen (secondary N) is 1. The van der Waals surface area contributed by atoms with Crippen molar-refractivity contribution in [3.05, 3.63) is 90.0 Å². The molecule has 3 aromatic rings. The van der Waals surface area contributed by atoms with Crippen LogP contribution < -0.4 is 10.2 Å². The molecule has 1 saturated heterocycles. The maximum atomic E-state index is 14.5. The van der Waals surface area contributed by atoms with E-state index < -0.39 is 75.7 Å². The number of hydrogen-bond donors (Lipinski definition) is 1. The molecule has 7 nitrogen and oxygen atoms in total. The van der Waals surface area contributed by atoms with Crippen LogP contribution in [-0.2, 0) is 20.9 Å². The minimum absolute atomic E-state index is 0.0929. The molecule has 1 unspecified atom stereocenters. The lowest BCUT2D eigenvalue weighted by atomic mass is 9.91. The third-order valence-corrected chi connectivity index (χ3v) is 9.70.